The van der Waals surface area contributed by atoms with Crippen molar-refractivity contribution in [2.24, 2.45) is 0 Å². The number of hydrogen-bond donors (Lipinski definition) is 1. The van der Waals surface area contributed by atoms with Crippen LogP contribution in [0.5, 0.6) is 0 Å². The molecule has 0 saturated heterocycles. The number of ether oxygens (including phenoxy) is 1. The smallest absolute Gasteiger partial charge is 0.348 e. The van der Waals surface area contributed by atoms with E-state index in [9.17, 15) is 14.9 Å². The summed E-state index contributed by atoms with van der Waals surface area (Å²) in [6, 6.07) is 13.5. The highest BCUT2D eigenvalue weighted by Gasteiger charge is 2.23. The topological polar surface area (TPSA) is 84.1 Å². The normalized spacial score (nSPS) is 12.3. The number of carbonyl (C=O) groups excluding carboxylic acids is 2. The molecule has 7 heteroatoms. The molecule has 1 aliphatic carbocycles. The lowest BCUT2D eigenvalue weighted by Crippen LogP contribution is -2.22. The van der Waals surface area contributed by atoms with Gasteiger partial charge < -0.3 is 10.1 Å². The highest BCUT2D eigenvalue weighted by molar-refractivity contribution is 7.14. The van der Waals surface area contributed by atoms with Gasteiger partial charge in [0.15, 0.2) is 6.61 Å². The molecule has 3 aromatic rings. The van der Waals surface area contributed by atoms with Crippen LogP contribution in [0.25, 0.3) is 5.69 Å². The molecule has 1 N–H and O–H groups in total. The molecule has 0 radical (unpaired) electrons. The number of hydrogen-bond acceptors (Lipinski definition) is 5. The number of nitriles is 1. The summed E-state index contributed by atoms with van der Waals surface area (Å²) >= 11 is 1.44. The zero-order valence-electron chi connectivity index (χ0n) is 16.8. The van der Waals surface area contributed by atoms with Gasteiger partial charge in [-0.3, -0.25) is 9.36 Å². The van der Waals surface area contributed by atoms with Crippen LogP contribution in [0.4, 0.5) is 5.82 Å². The van der Waals surface area contributed by atoms with Gasteiger partial charge in [-0.2, -0.15) is 5.26 Å². The maximum Gasteiger partial charge on any atom is 0.348 e. The van der Waals surface area contributed by atoms with E-state index in [0.717, 1.165) is 36.2 Å². The predicted molar refractivity (Wildman–Crippen MR) is 115 cm³/mol. The van der Waals surface area contributed by atoms with E-state index in [2.05, 4.69) is 11.4 Å². The van der Waals surface area contributed by atoms with Crippen molar-refractivity contribution in [3.05, 3.63) is 68.5 Å². The van der Waals surface area contributed by atoms with E-state index in [-0.39, 0.29) is 0 Å². The van der Waals surface area contributed by atoms with Gasteiger partial charge in [0.05, 0.1) is 5.56 Å². The van der Waals surface area contributed by atoms with Crippen LogP contribution in [0.15, 0.2) is 36.4 Å². The molecular formula is C23H21N3O3S. The molecule has 30 heavy (non-hydrogen) atoms. The third-order valence-electron chi connectivity index (χ3n) is 5.38. The number of carbonyl (C=O) groups is 2. The molecular weight excluding hydrogens is 398 g/mol. The zero-order chi connectivity index (χ0) is 21.3. The fourth-order valence-electron chi connectivity index (χ4n) is 3.76. The third kappa shape index (κ3) is 3.62. The van der Waals surface area contributed by atoms with Gasteiger partial charge >= 0.3 is 5.97 Å². The van der Waals surface area contributed by atoms with Gasteiger partial charge in [0.2, 0.25) is 0 Å². The standard InChI is InChI=1S/C23H21N3O3S/c1-14-15(2)26(17-8-4-3-5-9-17)22(18(14)12-24)25-21(27)13-29-23(28)20-11-16-7-6-10-19(16)30-20/h3-5,8-9,11H,6-7,10,13H2,1-2H3,(H,25,27). The van der Waals surface area contributed by atoms with Crippen LogP contribution in [0.2, 0.25) is 0 Å². The second kappa shape index (κ2) is 8.17. The minimum atomic E-state index is -0.490. The first kappa shape index (κ1) is 19.9. The van der Waals surface area contributed by atoms with Gasteiger partial charge in [0, 0.05) is 16.3 Å². The number of anilines is 1. The molecule has 2 aromatic heterocycles. The Balaban J connectivity index is 1.51. The average Bonchev–Trinajstić information content (AvgIpc) is 3.40. The van der Waals surface area contributed by atoms with Crippen molar-refractivity contribution in [2.75, 3.05) is 11.9 Å². The molecule has 0 aliphatic heterocycles. The molecule has 0 atom stereocenters. The summed E-state index contributed by atoms with van der Waals surface area (Å²) in [5.74, 6) is -0.593. The molecule has 1 aromatic carbocycles. The largest absolute Gasteiger partial charge is 0.451 e. The minimum Gasteiger partial charge on any atom is -0.451 e. The summed E-state index contributed by atoms with van der Waals surface area (Å²) in [7, 11) is 0. The molecule has 152 valence electrons. The molecule has 1 aliphatic rings. The second-order valence-corrected chi connectivity index (χ2v) is 8.39. The van der Waals surface area contributed by atoms with Gasteiger partial charge in [-0.1, -0.05) is 18.2 Å². The summed E-state index contributed by atoms with van der Waals surface area (Å²) in [6.45, 7) is 3.33. The Morgan fingerprint density at radius 2 is 2.00 bits per heavy atom. The van der Waals surface area contributed by atoms with Gasteiger partial charge in [0.25, 0.3) is 5.91 Å². The number of rotatable bonds is 5. The molecule has 6 nitrogen and oxygen atoms in total. The van der Waals surface area contributed by atoms with Crippen LogP contribution in [0.1, 0.15) is 43.4 Å². The SMILES string of the molecule is Cc1c(C#N)c(NC(=O)COC(=O)c2cc3c(s2)CCC3)n(-c2ccccc2)c1C. The summed E-state index contributed by atoms with van der Waals surface area (Å²) in [6.07, 6.45) is 3.12. The highest BCUT2D eigenvalue weighted by atomic mass is 32.1. The molecule has 0 unspecified atom stereocenters. The molecule has 0 bridgehead atoms. The maximum absolute atomic E-state index is 12.6. The first-order valence-corrected chi connectivity index (χ1v) is 10.6. The Hall–Kier alpha value is -3.37. The fraction of sp³-hybridized carbons (Fsp3) is 0.261. The Bertz CT molecular complexity index is 1150. The summed E-state index contributed by atoms with van der Waals surface area (Å²) in [4.78, 5) is 26.6. The van der Waals surface area contributed by atoms with E-state index in [1.54, 1.807) is 0 Å². The summed E-state index contributed by atoms with van der Waals surface area (Å²) in [5, 5.41) is 12.4. The van der Waals surface area contributed by atoms with Crippen LogP contribution >= 0.6 is 11.3 Å². The Kier molecular flexibility index (Phi) is 5.42. The molecule has 0 spiro atoms. The lowest BCUT2D eigenvalue weighted by atomic mass is 10.2. The molecule has 2 heterocycles. The number of fused-ring (bicyclic) bond motifs is 1. The van der Waals surface area contributed by atoms with E-state index in [4.69, 9.17) is 4.74 Å². The Morgan fingerprint density at radius 1 is 1.23 bits per heavy atom. The Morgan fingerprint density at radius 3 is 2.70 bits per heavy atom. The van der Waals surface area contributed by atoms with Crippen molar-refractivity contribution < 1.29 is 14.3 Å². The Labute approximate surface area is 178 Å². The first-order chi connectivity index (χ1) is 14.5. The number of esters is 1. The van der Waals surface area contributed by atoms with E-state index in [0.29, 0.717) is 16.3 Å². The fourth-order valence-corrected chi connectivity index (χ4v) is 4.91. The second-order valence-electron chi connectivity index (χ2n) is 7.25. The number of aryl methyl sites for hydroxylation is 2. The van der Waals surface area contributed by atoms with E-state index in [1.807, 2.05) is 54.8 Å². The lowest BCUT2D eigenvalue weighted by molar-refractivity contribution is -0.119. The van der Waals surface area contributed by atoms with Crippen LogP contribution < -0.4 is 5.32 Å². The number of amides is 1. The van der Waals surface area contributed by atoms with Crippen molar-refractivity contribution >= 4 is 29.0 Å². The van der Waals surface area contributed by atoms with Crippen molar-refractivity contribution in [1.29, 1.82) is 5.26 Å². The highest BCUT2D eigenvalue weighted by Crippen LogP contribution is 2.31. The quantitative estimate of drug-likeness (QED) is 0.625. The summed E-state index contributed by atoms with van der Waals surface area (Å²) in [5.41, 5.74) is 4.09. The first-order valence-electron chi connectivity index (χ1n) is 9.75. The number of thiophene rings is 1. The number of aromatic nitrogens is 1. The van der Waals surface area contributed by atoms with E-state index < -0.39 is 18.5 Å². The van der Waals surface area contributed by atoms with Crippen LogP contribution in [-0.2, 0) is 22.4 Å². The van der Waals surface area contributed by atoms with Crippen LogP contribution in [-0.4, -0.2) is 23.1 Å². The van der Waals surface area contributed by atoms with E-state index >= 15 is 0 Å². The molecule has 4 rings (SSSR count). The molecule has 0 saturated carbocycles. The number of nitrogens with one attached hydrogen (secondary N) is 1. The average molecular weight is 420 g/mol. The van der Waals surface area contributed by atoms with E-state index in [1.165, 1.54) is 21.8 Å². The van der Waals surface area contributed by atoms with Crippen molar-refractivity contribution in [3.8, 4) is 11.8 Å². The van der Waals surface area contributed by atoms with Crippen LogP contribution in [0.3, 0.4) is 0 Å². The number of para-hydroxylation sites is 1. The van der Waals surface area contributed by atoms with Gasteiger partial charge in [-0.05, 0) is 62.4 Å². The maximum atomic E-state index is 12.6. The predicted octanol–water partition coefficient (Wildman–Crippen LogP) is 4.31. The van der Waals surface area contributed by atoms with Crippen LogP contribution in [0, 0.1) is 25.2 Å². The monoisotopic (exact) mass is 419 g/mol. The number of nitrogens with zero attached hydrogens (tertiary/aromatic N) is 2. The lowest BCUT2D eigenvalue weighted by Gasteiger charge is -2.13. The van der Waals surface area contributed by atoms with Crippen molar-refractivity contribution in [2.45, 2.75) is 33.1 Å². The minimum absolute atomic E-state index is 0.384. The third-order valence-corrected chi connectivity index (χ3v) is 6.60. The van der Waals surface area contributed by atoms with Crippen molar-refractivity contribution in [3.63, 3.8) is 0 Å². The van der Waals surface area contributed by atoms with Gasteiger partial charge in [-0.25, -0.2) is 4.79 Å². The van der Waals surface area contributed by atoms with Gasteiger partial charge in [-0.15, -0.1) is 11.3 Å². The molecule has 0 fully saturated rings. The number of benzene rings is 1. The zero-order valence-corrected chi connectivity index (χ0v) is 17.6. The summed E-state index contributed by atoms with van der Waals surface area (Å²) < 4.78 is 7.05. The van der Waals surface area contributed by atoms with Gasteiger partial charge in [0.1, 0.15) is 16.8 Å². The molecule has 1 amide bonds. The van der Waals surface area contributed by atoms with Crippen molar-refractivity contribution in [1.82, 2.24) is 4.57 Å².